The Morgan fingerprint density at radius 2 is 2.00 bits per heavy atom. The van der Waals surface area contributed by atoms with E-state index >= 15 is 0 Å². The molecular formula is C20H29NO3. The first-order valence-electron chi connectivity index (χ1n) is 8.80. The highest BCUT2D eigenvalue weighted by molar-refractivity contribution is 6.00. The summed E-state index contributed by atoms with van der Waals surface area (Å²) in [6.07, 6.45) is 15.6. The Bertz CT molecular complexity index is 536. The maximum atomic E-state index is 12.1. The molecule has 4 heteroatoms. The molecular weight excluding hydrogens is 302 g/mol. The van der Waals surface area contributed by atoms with E-state index in [1.807, 2.05) is 32.9 Å². The van der Waals surface area contributed by atoms with Crippen LogP contribution in [0.1, 0.15) is 46.5 Å². The monoisotopic (exact) mass is 331 g/mol. The highest BCUT2D eigenvalue weighted by Crippen LogP contribution is 2.32. The number of rotatable bonds is 4. The maximum Gasteiger partial charge on any atom is 0.311 e. The molecule has 24 heavy (non-hydrogen) atoms. The predicted octanol–water partition coefficient (Wildman–Crippen LogP) is 3.35. The Morgan fingerprint density at radius 3 is 2.67 bits per heavy atom. The maximum absolute atomic E-state index is 12.1. The van der Waals surface area contributed by atoms with Gasteiger partial charge in [0.25, 0.3) is 0 Å². The Balaban J connectivity index is 2.10. The fraction of sp³-hybridized carbons (Fsp3) is 0.600. The Kier molecular flexibility index (Phi) is 6.16. The largest absolute Gasteiger partial charge is 0.464 e. The van der Waals surface area contributed by atoms with Crippen LogP contribution in [0.3, 0.4) is 0 Å². The van der Waals surface area contributed by atoms with Crippen LogP contribution in [0.25, 0.3) is 0 Å². The van der Waals surface area contributed by atoms with Gasteiger partial charge in [0.15, 0.2) is 5.78 Å². The van der Waals surface area contributed by atoms with Crippen LogP contribution in [-0.4, -0.2) is 30.9 Å². The fourth-order valence-electron chi connectivity index (χ4n) is 2.87. The highest BCUT2D eigenvalue weighted by atomic mass is 16.5. The van der Waals surface area contributed by atoms with E-state index in [-0.39, 0.29) is 24.4 Å². The molecule has 1 N–H and O–H groups in total. The predicted molar refractivity (Wildman–Crippen MR) is 95.5 cm³/mol. The van der Waals surface area contributed by atoms with E-state index in [0.29, 0.717) is 0 Å². The summed E-state index contributed by atoms with van der Waals surface area (Å²) in [6.45, 7) is 6.78. The van der Waals surface area contributed by atoms with Gasteiger partial charge in [-0.1, -0.05) is 24.3 Å². The number of esters is 1. The summed E-state index contributed by atoms with van der Waals surface area (Å²) < 4.78 is 5.58. The van der Waals surface area contributed by atoms with Gasteiger partial charge in [0.05, 0.1) is 5.41 Å². The van der Waals surface area contributed by atoms with Crippen molar-refractivity contribution < 1.29 is 14.3 Å². The number of carbonyl (C=O) groups is 2. The normalized spacial score (nSPS) is 25.0. The van der Waals surface area contributed by atoms with Gasteiger partial charge in [-0.3, -0.25) is 9.59 Å². The molecule has 0 saturated carbocycles. The standard InChI is InChI=1S/C20H29NO3/c1-19(2,3)18(23)24-15-20(11-9-17(22)10-12-20)14-16-8-6-4-5-7-13-21-16/h6,8-12,16,21H,4-5,7,13-15H2,1-3H3/b8-6-/t16-/m0/s1. The number of ether oxygens (including phenoxy) is 1. The van der Waals surface area contributed by atoms with E-state index in [1.165, 1.54) is 6.42 Å². The molecule has 0 spiro atoms. The molecule has 0 unspecified atom stereocenters. The van der Waals surface area contributed by atoms with Gasteiger partial charge in [-0.25, -0.2) is 0 Å². The quantitative estimate of drug-likeness (QED) is 0.634. The molecule has 0 radical (unpaired) electrons. The third kappa shape index (κ3) is 5.45. The van der Waals surface area contributed by atoms with Crippen molar-refractivity contribution in [3.05, 3.63) is 36.5 Å². The molecule has 132 valence electrons. The molecule has 2 rings (SSSR count). The molecule has 1 atom stereocenters. The lowest BCUT2D eigenvalue weighted by Gasteiger charge is -2.33. The molecule has 1 aliphatic carbocycles. The minimum atomic E-state index is -0.530. The lowest BCUT2D eigenvalue weighted by Crippen LogP contribution is -2.38. The third-order valence-electron chi connectivity index (χ3n) is 4.42. The molecule has 1 aliphatic heterocycles. The molecule has 0 bridgehead atoms. The molecule has 0 aromatic rings. The highest BCUT2D eigenvalue weighted by Gasteiger charge is 2.33. The second-order valence-electron chi connectivity index (χ2n) is 7.82. The van der Waals surface area contributed by atoms with Gasteiger partial charge >= 0.3 is 5.97 Å². The molecule has 2 aliphatic rings. The van der Waals surface area contributed by atoms with Crippen molar-refractivity contribution in [2.75, 3.05) is 13.2 Å². The van der Waals surface area contributed by atoms with Crippen LogP contribution in [-0.2, 0) is 14.3 Å². The molecule has 4 nitrogen and oxygen atoms in total. The molecule has 0 aromatic heterocycles. The van der Waals surface area contributed by atoms with Gasteiger partial charge in [-0.2, -0.15) is 0 Å². The van der Waals surface area contributed by atoms with E-state index < -0.39 is 10.8 Å². The number of hydrogen-bond acceptors (Lipinski definition) is 4. The third-order valence-corrected chi connectivity index (χ3v) is 4.42. The molecule has 0 amide bonds. The van der Waals surface area contributed by atoms with Crippen LogP contribution in [0.2, 0.25) is 0 Å². The second kappa shape index (κ2) is 7.93. The zero-order chi connectivity index (χ0) is 17.6. The fourth-order valence-corrected chi connectivity index (χ4v) is 2.87. The minimum absolute atomic E-state index is 0.0195. The topological polar surface area (TPSA) is 55.4 Å². The van der Waals surface area contributed by atoms with Crippen molar-refractivity contribution >= 4 is 11.8 Å². The molecule has 1 heterocycles. The number of hydrogen-bond donors (Lipinski definition) is 1. The van der Waals surface area contributed by atoms with Crippen LogP contribution in [0.5, 0.6) is 0 Å². The van der Waals surface area contributed by atoms with Crippen LogP contribution >= 0.6 is 0 Å². The summed E-state index contributed by atoms with van der Waals surface area (Å²) >= 11 is 0. The van der Waals surface area contributed by atoms with Crippen LogP contribution in [0.4, 0.5) is 0 Å². The van der Waals surface area contributed by atoms with Crippen molar-refractivity contribution in [1.82, 2.24) is 5.32 Å². The van der Waals surface area contributed by atoms with Crippen molar-refractivity contribution in [3.63, 3.8) is 0 Å². The number of carbonyl (C=O) groups excluding carboxylic acids is 2. The van der Waals surface area contributed by atoms with Crippen molar-refractivity contribution in [2.45, 2.75) is 52.5 Å². The number of ketones is 1. The number of allylic oxidation sites excluding steroid dienone is 3. The zero-order valence-corrected chi connectivity index (χ0v) is 15.0. The van der Waals surface area contributed by atoms with Gasteiger partial charge in [-0.15, -0.1) is 0 Å². The summed E-state index contributed by atoms with van der Waals surface area (Å²) in [5.74, 6) is -0.240. The van der Waals surface area contributed by atoms with E-state index in [2.05, 4.69) is 17.5 Å². The summed E-state index contributed by atoms with van der Waals surface area (Å²) in [5.41, 5.74) is -0.965. The summed E-state index contributed by atoms with van der Waals surface area (Å²) in [7, 11) is 0. The molecule has 0 aromatic carbocycles. The SMILES string of the molecule is CC(C)(C)C(=O)OCC1(C[C@@H]2/C=C\CCCCN2)C=CC(=O)C=C1. The lowest BCUT2D eigenvalue weighted by atomic mass is 9.78. The smallest absolute Gasteiger partial charge is 0.311 e. The van der Waals surface area contributed by atoms with Crippen molar-refractivity contribution in [1.29, 1.82) is 0 Å². The van der Waals surface area contributed by atoms with E-state index in [4.69, 9.17) is 4.74 Å². The zero-order valence-electron chi connectivity index (χ0n) is 15.0. The van der Waals surface area contributed by atoms with Gasteiger partial charge in [-0.05, 0) is 65.2 Å². The Labute approximate surface area is 145 Å². The van der Waals surface area contributed by atoms with Crippen LogP contribution < -0.4 is 5.32 Å². The number of nitrogens with one attached hydrogen (secondary N) is 1. The second-order valence-corrected chi connectivity index (χ2v) is 7.82. The first-order chi connectivity index (χ1) is 11.3. The molecule has 0 saturated heterocycles. The van der Waals surface area contributed by atoms with Crippen molar-refractivity contribution in [3.8, 4) is 0 Å². The van der Waals surface area contributed by atoms with Crippen LogP contribution in [0, 0.1) is 10.8 Å². The van der Waals surface area contributed by atoms with E-state index in [1.54, 1.807) is 12.2 Å². The average Bonchev–Trinajstić information content (AvgIpc) is 2.49. The first-order valence-corrected chi connectivity index (χ1v) is 8.80. The van der Waals surface area contributed by atoms with Gasteiger partial charge < -0.3 is 10.1 Å². The lowest BCUT2D eigenvalue weighted by molar-refractivity contribution is -0.155. The first kappa shape index (κ1) is 18.7. The average molecular weight is 331 g/mol. The van der Waals surface area contributed by atoms with Gasteiger partial charge in [0, 0.05) is 11.5 Å². The minimum Gasteiger partial charge on any atom is -0.464 e. The summed E-state index contributed by atoms with van der Waals surface area (Å²) in [4.78, 5) is 23.7. The van der Waals surface area contributed by atoms with Crippen molar-refractivity contribution in [2.24, 2.45) is 10.8 Å². The van der Waals surface area contributed by atoms with Crippen LogP contribution in [0.15, 0.2) is 36.5 Å². The van der Waals surface area contributed by atoms with Gasteiger partial charge in [0.2, 0.25) is 0 Å². The summed E-state index contributed by atoms with van der Waals surface area (Å²) in [5, 5.41) is 3.54. The molecule has 0 fully saturated rings. The van der Waals surface area contributed by atoms with E-state index in [9.17, 15) is 9.59 Å². The van der Waals surface area contributed by atoms with E-state index in [0.717, 1.165) is 25.8 Å². The Hall–Kier alpha value is -1.68. The summed E-state index contributed by atoms with van der Waals surface area (Å²) in [6, 6.07) is 0.209. The van der Waals surface area contributed by atoms with Gasteiger partial charge in [0.1, 0.15) is 6.61 Å². The Morgan fingerprint density at radius 1 is 1.29 bits per heavy atom.